The van der Waals surface area contributed by atoms with Gasteiger partial charge in [0.05, 0.1) is 6.10 Å². The van der Waals surface area contributed by atoms with Crippen LogP contribution in [0.15, 0.2) is 0 Å². The van der Waals surface area contributed by atoms with E-state index in [4.69, 9.17) is 10.8 Å². The van der Waals surface area contributed by atoms with Gasteiger partial charge in [-0.2, -0.15) is 0 Å². The standard InChI is InChI=1S/C6H14N2O.ClH/c7-2-4-8-3-1-6(9)5-8;/h6,9H,1-5,7H2;1H/t6-;/m0./s1. The first-order valence-electron chi connectivity index (χ1n) is 3.43. The number of likely N-dealkylation sites (tertiary alicyclic amines) is 1. The molecule has 0 amide bonds. The highest BCUT2D eigenvalue weighted by Gasteiger charge is 2.18. The van der Waals surface area contributed by atoms with Crippen molar-refractivity contribution in [3.63, 3.8) is 0 Å². The van der Waals surface area contributed by atoms with Crippen LogP contribution in [-0.2, 0) is 0 Å². The maximum Gasteiger partial charge on any atom is 0.0679 e. The molecule has 0 radical (unpaired) electrons. The molecule has 3 N–H and O–H groups in total. The van der Waals surface area contributed by atoms with Crippen molar-refractivity contribution in [2.24, 2.45) is 5.73 Å². The summed E-state index contributed by atoms with van der Waals surface area (Å²) in [4.78, 5) is 2.19. The van der Waals surface area contributed by atoms with Gasteiger partial charge < -0.3 is 10.8 Å². The summed E-state index contributed by atoms with van der Waals surface area (Å²) in [6.45, 7) is 3.46. The van der Waals surface area contributed by atoms with Crippen molar-refractivity contribution in [3.05, 3.63) is 0 Å². The molecule has 0 aromatic carbocycles. The molecule has 0 aromatic rings. The molecule has 1 rings (SSSR count). The van der Waals surface area contributed by atoms with E-state index in [9.17, 15) is 0 Å². The van der Waals surface area contributed by atoms with Crippen molar-refractivity contribution in [3.8, 4) is 0 Å². The SMILES string of the molecule is Cl.NCCN1CC[C@H](O)C1. The summed E-state index contributed by atoms with van der Waals surface area (Å²) in [6.07, 6.45) is 0.816. The Morgan fingerprint density at radius 1 is 1.60 bits per heavy atom. The lowest BCUT2D eigenvalue weighted by atomic mass is 10.3. The molecule has 1 atom stereocenters. The highest BCUT2D eigenvalue weighted by molar-refractivity contribution is 5.85. The minimum atomic E-state index is -0.100. The highest BCUT2D eigenvalue weighted by atomic mass is 35.5. The van der Waals surface area contributed by atoms with Crippen molar-refractivity contribution >= 4 is 12.4 Å². The van der Waals surface area contributed by atoms with Gasteiger partial charge in [-0.1, -0.05) is 0 Å². The summed E-state index contributed by atoms with van der Waals surface area (Å²) < 4.78 is 0. The Balaban J connectivity index is 0.000000810. The number of aliphatic hydroxyl groups is 1. The molecule has 1 heterocycles. The smallest absolute Gasteiger partial charge is 0.0679 e. The lowest BCUT2D eigenvalue weighted by Crippen LogP contribution is -2.27. The van der Waals surface area contributed by atoms with Gasteiger partial charge in [0, 0.05) is 26.2 Å². The van der Waals surface area contributed by atoms with E-state index in [0.29, 0.717) is 6.54 Å². The van der Waals surface area contributed by atoms with Crippen LogP contribution < -0.4 is 5.73 Å². The lowest BCUT2D eigenvalue weighted by molar-refractivity contribution is 0.177. The maximum absolute atomic E-state index is 9.04. The molecule has 3 nitrogen and oxygen atoms in total. The van der Waals surface area contributed by atoms with Gasteiger partial charge in [-0.05, 0) is 6.42 Å². The zero-order chi connectivity index (χ0) is 6.69. The molecule has 62 valence electrons. The van der Waals surface area contributed by atoms with Gasteiger partial charge in [-0.15, -0.1) is 12.4 Å². The maximum atomic E-state index is 9.04. The van der Waals surface area contributed by atoms with E-state index < -0.39 is 0 Å². The van der Waals surface area contributed by atoms with Crippen molar-refractivity contribution in [1.82, 2.24) is 4.90 Å². The number of hydrogen-bond donors (Lipinski definition) is 2. The van der Waals surface area contributed by atoms with Crippen LogP contribution in [0.2, 0.25) is 0 Å². The van der Waals surface area contributed by atoms with Crippen LogP contribution >= 0.6 is 12.4 Å². The number of halogens is 1. The molecule has 0 bridgehead atoms. The monoisotopic (exact) mass is 166 g/mol. The van der Waals surface area contributed by atoms with E-state index in [2.05, 4.69) is 4.90 Å². The number of hydrogen-bond acceptors (Lipinski definition) is 3. The third-order valence-electron chi connectivity index (χ3n) is 1.69. The Labute approximate surface area is 67.6 Å². The van der Waals surface area contributed by atoms with Crippen LogP contribution in [-0.4, -0.2) is 42.3 Å². The molecule has 0 saturated carbocycles. The van der Waals surface area contributed by atoms with Crippen LogP contribution in [0, 0.1) is 0 Å². The second-order valence-corrected chi connectivity index (χ2v) is 2.53. The van der Waals surface area contributed by atoms with Gasteiger partial charge in [0.25, 0.3) is 0 Å². The molecule has 1 fully saturated rings. The van der Waals surface area contributed by atoms with Crippen LogP contribution in [0.1, 0.15) is 6.42 Å². The van der Waals surface area contributed by atoms with Crippen molar-refractivity contribution in [1.29, 1.82) is 0 Å². The zero-order valence-electron chi connectivity index (χ0n) is 5.99. The first-order chi connectivity index (χ1) is 4.33. The fourth-order valence-corrected chi connectivity index (χ4v) is 1.20. The first-order valence-corrected chi connectivity index (χ1v) is 3.43. The number of β-amino-alcohol motifs (C(OH)–C–C–N with tert-alkyl or cyclic N) is 1. The Bertz CT molecular complexity index is 89.8. The van der Waals surface area contributed by atoms with E-state index in [-0.39, 0.29) is 18.5 Å². The zero-order valence-corrected chi connectivity index (χ0v) is 6.81. The average molecular weight is 167 g/mol. The first kappa shape index (κ1) is 10.2. The molecular formula is C6H15ClN2O. The van der Waals surface area contributed by atoms with Gasteiger partial charge in [0.15, 0.2) is 0 Å². The topological polar surface area (TPSA) is 49.5 Å². The number of nitrogens with two attached hydrogens (primary N) is 1. The summed E-state index contributed by atoms with van der Waals surface area (Å²) in [5.41, 5.74) is 5.33. The summed E-state index contributed by atoms with van der Waals surface area (Å²) in [7, 11) is 0. The van der Waals surface area contributed by atoms with Gasteiger partial charge in [-0.3, -0.25) is 4.90 Å². The molecule has 0 unspecified atom stereocenters. The molecular weight excluding hydrogens is 152 g/mol. The van der Waals surface area contributed by atoms with Crippen molar-refractivity contribution in [2.45, 2.75) is 12.5 Å². The summed E-state index contributed by atoms with van der Waals surface area (Å²) >= 11 is 0. The molecule has 0 spiro atoms. The molecule has 1 aliphatic heterocycles. The van der Waals surface area contributed by atoms with E-state index in [1.165, 1.54) is 0 Å². The molecule has 1 aliphatic rings. The summed E-state index contributed by atoms with van der Waals surface area (Å²) in [5.74, 6) is 0. The quantitative estimate of drug-likeness (QED) is 0.578. The predicted octanol–water partition coefficient (Wildman–Crippen LogP) is -0.567. The summed E-state index contributed by atoms with van der Waals surface area (Å²) in [6, 6.07) is 0. The highest BCUT2D eigenvalue weighted by Crippen LogP contribution is 2.06. The molecule has 10 heavy (non-hydrogen) atoms. The van der Waals surface area contributed by atoms with Gasteiger partial charge >= 0.3 is 0 Å². The third kappa shape index (κ3) is 2.84. The number of aliphatic hydroxyl groups excluding tert-OH is 1. The fraction of sp³-hybridized carbons (Fsp3) is 1.00. The van der Waals surface area contributed by atoms with Crippen LogP contribution in [0.25, 0.3) is 0 Å². The molecule has 0 aromatic heterocycles. The van der Waals surface area contributed by atoms with E-state index >= 15 is 0 Å². The molecule has 4 heteroatoms. The van der Waals surface area contributed by atoms with Crippen LogP contribution in [0.4, 0.5) is 0 Å². The largest absolute Gasteiger partial charge is 0.392 e. The van der Waals surface area contributed by atoms with E-state index in [1.54, 1.807) is 0 Å². The minimum absolute atomic E-state index is 0. The van der Waals surface area contributed by atoms with Crippen LogP contribution in [0.3, 0.4) is 0 Å². The average Bonchev–Trinajstić information content (AvgIpc) is 2.17. The Kier molecular flexibility index (Phi) is 4.99. The minimum Gasteiger partial charge on any atom is -0.392 e. The van der Waals surface area contributed by atoms with Crippen LogP contribution in [0.5, 0.6) is 0 Å². The second-order valence-electron chi connectivity index (χ2n) is 2.53. The Hall–Kier alpha value is 0.170. The molecule has 1 saturated heterocycles. The lowest BCUT2D eigenvalue weighted by Gasteiger charge is -2.11. The normalized spacial score (nSPS) is 26.4. The molecule has 0 aliphatic carbocycles. The van der Waals surface area contributed by atoms with Crippen molar-refractivity contribution in [2.75, 3.05) is 26.2 Å². The number of nitrogens with zero attached hydrogens (tertiary/aromatic N) is 1. The van der Waals surface area contributed by atoms with E-state index in [1.807, 2.05) is 0 Å². The fourth-order valence-electron chi connectivity index (χ4n) is 1.20. The second kappa shape index (κ2) is 4.91. The Morgan fingerprint density at radius 3 is 2.70 bits per heavy atom. The van der Waals surface area contributed by atoms with Gasteiger partial charge in [0.2, 0.25) is 0 Å². The predicted molar refractivity (Wildman–Crippen MR) is 43.4 cm³/mol. The number of rotatable bonds is 2. The summed E-state index contributed by atoms with van der Waals surface area (Å²) in [5, 5.41) is 9.04. The van der Waals surface area contributed by atoms with Crippen molar-refractivity contribution < 1.29 is 5.11 Å². The van der Waals surface area contributed by atoms with Gasteiger partial charge in [-0.25, -0.2) is 0 Å². The third-order valence-corrected chi connectivity index (χ3v) is 1.69. The van der Waals surface area contributed by atoms with Gasteiger partial charge in [0.1, 0.15) is 0 Å². The van der Waals surface area contributed by atoms with E-state index in [0.717, 1.165) is 26.1 Å². The Morgan fingerprint density at radius 2 is 2.30 bits per heavy atom.